The van der Waals surface area contributed by atoms with Crippen molar-refractivity contribution in [3.05, 3.63) is 65.0 Å². The Bertz CT molecular complexity index is 837. The van der Waals surface area contributed by atoms with Gasteiger partial charge in [0.2, 0.25) is 5.88 Å². The number of phenols is 1. The van der Waals surface area contributed by atoms with Crippen LogP contribution in [0.15, 0.2) is 53.9 Å². The van der Waals surface area contributed by atoms with Crippen molar-refractivity contribution >= 4 is 0 Å². The van der Waals surface area contributed by atoms with E-state index in [1.807, 2.05) is 31.2 Å². The summed E-state index contributed by atoms with van der Waals surface area (Å²) in [6.45, 7) is 2.67. The van der Waals surface area contributed by atoms with Crippen LogP contribution in [0.25, 0.3) is 0 Å². The molecule has 1 atom stereocenters. The Morgan fingerprint density at radius 3 is 2.88 bits per heavy atom. The minimum atomic E-state index is -0.357. The van der Waals surface area contributed by atoms with E-state index in [1.165, 1.54) is 6.07 Å². The fourth-order valence-electron chi connectivity index (χ4n) is 2.79. The van der Waals surface area contributed by atoms with Crippen molar-refractivity contribution in [2.45, 2.75) is 19.3 Å². The molecule has 0 bridgehead atoms. The molecule has 0 fully saturated rings. The zero-order chi connectivity index (χ0) is 17.1. The summed E-state index contributed by atoms with van der Waals surface area (Å²) < 4.78 is 11.2. The van der Waals surface area contributed by atoms with Crippen LogP contribution in [0.2, 0.25) is 0 Å². The molecular formula is C19H18N2O3. The number of benzene rings is 2. The summed E-state index contributed by atoms with van der Waals surface area (Å²) in [5.74, 6) is 0.985. The molecule has 0 saturated carbocycles. The van der Waals surface area contributed by atoms with Gasteiger partial charge in [0.15, 0.2) is 0 Å². The topological polar surface area (TPSA) is 88.5 Å². The number of hydrogen-bond donors (Lipinski definition) is 2. The Morgan fingerprint density at radius 2 is 2.12 bits per heavy atom. The van der Waals surface area contributed by atoms with Gasteiger partial charge in [-0.15, -0.1) is 0 Å². The first-order valence-electron chi connectivity index (χ1n) is 7.77. The van der Waals surface area contributed by atoms with Gasteiger partial charge in [0, 0.05) is 11.6 Å². The third-order valence-electron chi connectivity index (χ3n) is 3.87. The van der Waals surface area contributed by atoms with Crippen molar-refractivity contribution in [1.82, 2.24) is 0 Å². The van der Waals surface area contributed by atoms with Gasteiger partial charge in [-0.25, -0.2) is 0 Å². The number of nitriles is 1. The van der Waals surface area contributed by atoms with Gasteiger partial charge >= 0.3 is 0 Å². The zero-order valence-corrected chi connectivity index (χ0v) is 13.3. The van der Waals surface area contributed by atoms with Crippen molar-refractivity contribution in [3.63, 3.8) is 0 Å². The molecule has 0 aliphatic carbocycles. The molecule has 0 aromatic heterocycles. The summed E-state index contributed by atoms with van der Waals surface area (Å²) in [7, 11) is 0. The lowest BCUT2D eigenvalue weighted by Crippen LogP contribution is -2.21. The summed E-state index contributed by atoms with van der Waals surface area (Å²) in [4.78, 5) is 0. The molecule has 5 heteroatoms. The van der Waals surface area contributed by atoms with E-state index < -0.39 is 0 Å². The van der Waals surface area contributed by atoms with Gasteiger partial charge in [-0.1, -0.05) is 25.1 Å². The van der Waals surface area contributed by atoms with Crippen LogP contribution in [0.5, 0.6) is 17.2 Å². The molecule has 2 aromatic carbocycles. The molecule has 3 rings (SSSR count). The fraction of sp³-hybridized carbons (Fsp3) is 0.211. The summed E-state index contributed by atoms with van der Waals surface area (Å²) in [6.07, 6.45) is 0.917. The molecule has 0 unspecified atom stereocenters. The smallest absolute Gasteiger partial charge is 0.205 e. The van der Waals surface area contributed by atoms with E-state index >= 15 is 0 Å². The van der Waals surface area contributed by atoms with E-state index in [2.05, 4.69) is 6.07 Å². The number of aromatic hydroxyl groups is 1. The van der Waals surface area contributed by atoms with E-state index in [4.69, 9.17) is 15.2 Å². The van der Waals surface area contributed by atoms with Gasteiger partial charge in [0.25, 0.3) is 0 Å². The SMILES string of the molecule is CCCOc1cccc([C@@H]2C(C#N)=C(N)Oc3cc(O)ccc32)c1. The van der Waals surface area contributed by atoms with E-state index in [9.17, 15) is 10.4 Å². The van der Waals surface area contributed by atoms with Crippen LogP contribution < -0.4 is 15.2 Å². The second-order valence-electron chi connectivity index (χ2n) is 5.57. The molecular weight excluding hydrogens is 304 g/mol. The number of phenolic OH excluding ortho intramolecular Hbond substituents is 1. The summed E-state index contributed by atoms with van der Waals surface area (Å²) in [5, 5.41) is 19.2. The van der Waals surface area contributed by atoms with Crippen LogP contribution in [-0.4, -0.2) is 11.7 Å². The molecule has 1 heterocycles. The second kappa shape index (κ2) is 6.55. The molecule has 1 aliphatic rings. The first-order valence-corrected chi connectivity index (χ1v) is 7.77. The molecule has 122 valence electrons. The van der Waals surface area contributed by atoms with E-state index in [0.29, 0.717) is 17.9 Å². The van der Waals surface area contributed by atoms with E-state index in [1.54, 1.807) is 12.1 Å². The highest BCUT2D eigenvalue weighted by atomic mass is 16.5. The molecule has 0 saturated heterocycles. The summed E-state index contributed by atoms with van der Waals surface area (Å²) >= 11 is 0. The number of rotatable bonds is 4. The van der Waals surface area contributed by atoms with Crippen molar-refractivity contribution in [1.29, 1.82) is 5.26 Å². The number of fused-ring (bicyclic) bond motifs is 1. The highest BCUT2D eigenvalue weighted by Gasteiger charge is 2.30. The highest BCUT2D eigenvalue weighted by molar-refractivity contribution is 5.57. The van der Waals surface area contributed by atoms with Crippen molar-refractivity contribution in [2.75, 3.05) is 6.61 Å². The van der Waals surface area contributed by atoms with Gasteiger partial charge < -0.3 is 20.3 Å². The van der Waals surface area contributed by atoms with Crippen LogP contribution >= 0.6 is 0 Å². The maximum absolute atomic E-state index is 9.67. The first kappa shape index (κ1) is 15.8. The third-order valence-corrected chi connectivity index (χ3v) is 3.87. The van der Waals surface area contributed by atoms with Crippen LogP contribution in [-0.2, 0) is 0 Å². The zero-order valence-electron chi connectivity index (χ0n) is 13.3. The minimum absolute atomic E-state index is 0.0560. The standard InChI is InChI=1S/C19H18N2O3/c1-2-8-23-14-5-3-4-12(9-14)18-15-7-6-13(22)10-17(15)24-19(21)16(18)11-20/h3-7,9-10,18,22H,2,8,21H2,1H3/t18-/m0/s1. The van der Waals surface area contributed by atoms with Gasteiger partial charge in [0.1, 0.15) is 28.9 Å². The normalized spacial score (nSPS) is 16.1. The van der Waals surface area contributed by atoms with Gasteiger partial charge in [-0.05, 0) is 30.2 Å². The Labute approximate surface area is 140 Å². The van der Waals surface area contributed by atoms with Gasteiger partial charge in [0.05, 0.1) is 12.5 Å². The number of nitrogens with zero attached hydrogens (tertiary/aromatic N) is 1. The molecule has 3 N–H and O–H groups in total. The van der Waals surface area contributed by atoms with Gasteiger partial charge in [-0.3, -0.25) is 0 Å². The van der Waals surface area contributed by atoms with E-state index in [0.717, 1.165) is 23.3 Å². The number of ether oxygens (including phenoxy) is 2. The molecule has 5 nitrogen and oxygen atoms in total. The highest BCUT2D eigenvalue weighted by Crippen LogP contribution is 2.43. The first-order chi connectivity index (χ1) is 11.6. The molecule has 24 heavy (non-hydrogen) atoms. The van der Waals surface area contributed by atoms with Gasteiger partial charge in [-0.2, -0.15) is 5.26 Å². The Kier molecular flexibility index (Phi) is 4.30. The number of nitrogens with two attached hydrogens (primary N) is 1. The maximum Gasteiger partial charge on any atom is 0.205 e. The maximum atomic E-state index is 9.67. The van der Waals surface area contributed by atoms with Crippen molar-refractivity contribution in [3.8, 4) is 23.3 Å². The average Bonchev–Trinajstić information content (AvgIpc) is 2.58. The second-order valence-corrected chi connectivity index (χ2v) is 5.57. The molecule has 0 spiro atoms. The van der Waals surface area contributed by atoms with Crippen LogP contribution in [0.1, 0.15) is 30.4 Å². The minimum Gasteiger partial charge on any atom is -0.508 e. The lowest BCUT2D eigenvalue weighted by atomic mass is 9.83. The predicted molar refractivity (Wildman–Crippen MR) is 89.6 cm³/mol. The molecule has 2 aromatic rings. The number of hydrogen-bond acceptors (Lipinski definition) is 5. The van der Waals surface area contributed by atoms with Crippen molar-refractivity contribution < 1.29 is 14.6 Å². The van der Waals surface area contributed by atoms with Crippen LogP contribution in [0, 0.1) is 11.3 Å². The lowest BCUT2D eigenvalue weighted by molar-refractivity contribution is 0.317. The summed E-state index contributed by atoms with van der Waals surface area (Å²) in [5.41, 5.74) is 7.94. The molecule has 0 radical (unpaired) electrons. The quantitative estimate of drug-likeness (QED) is 0.900. The monoisotopic (exact) mass is 322 g/mol. The largest absolute Gasteiger partial charge is 0.508 e. The molecule has 1 aliphatic heterocycles. The van der Waals surface area contributed by atoms with E-state index in [-0.39, 0.29) is 17.6 Å². The Hall–Kier alpha value is -3.13. The van der Waals surface area contributed by atoms with Crippen LogP contribution in [0.3, 0.4) is 0 Å². The number of allylic oxidation sites excluding steroid dienone is 1. The Balaban J connectivity index is 2.10. The third kappa shape index (κ3) is 2.86. The lowest BCUT2D eigenvalue weighted by Gasteiger charge is -2.26. The Morgan fingerprint density at radius 1 is 1.29 bits per heavy atom. The summed E-state index contributed by atoms with van der Waals surface area (Å²) in [6, 6.07) is 14.6. The predicted octanol–water partition coefficient (Wildman–Crippen LogP) is 3.40. The average molecular weight is 322 g/mol. The van der Waals surface area contributed by atoms with Crippen LogP contribution in [0.4, 0.5) is 0 Å². The fourth-order valence-corrected chi connectivity index (χ4v) is 2.79. The molecule has 0 amide bonds. The van der Waals surface area contributed by atoms with Crippen molar-refractivity contribution in [2.24, 2.45) is 5.73 Å².